The van der Waals surface area contributed by atoms with Crippen LogP contribution in [-0.4, -0.2) is 43.5 Å². The summed E-state index contributed by atoms with van der Waals surface area (Å²) in [5, 5.41) is 2.66. The summed E-state index contributed by atoms with van der Waals surface area (Å²) >= 11 is 0. The van der Waals surface area contributed by atoms with Crippen LogP contribution in [0.15, 0.2) is 58.4 Å². The first-order valence-corrected chi connectivity index (χ1v) is 9.48. The average Bonchev–Trinajstić information content (AvgIpc) is 2.81. The first kappa shape index (κ1) is 22.5. The lowest BCUT2D eigenvalue weighted by Crippen LogP contribution is -2.41. The molecule has 3 rings (SSSR count). The van der Waals surface area contributed by atoms with Crippen molar-refractivity contribution >= 4 is 11.6 Å². The number of carbonyl (C=O) groups excluding carboxylic acids is 1. The third-order valence-corrected chi connectivity index (χ3v) is 4.67. The van der Waals surface area contributed by atoms with Crippen LogP contribution in [0.2, 0.25) is 0 Å². The molecule has 0 bridgehead atoms. The van der Waals surface area contributed by atoms with Crippen molar-refractivity contribution in [1.29, 1.82) is 0 Å². The molecule has 32 heavy (non-hydrogen) atoms. The Morgan fingerprint density at radius 3 is 2.06 bits per heavy atom. The largest absolute Gasteiger partial charge is 0.495 e. The standard InChI is InChI=1S/C22H23N3O7/c1-29-16-8-6-5-7-15(16)25-10-9-24(21(27)22(25)28)13-19(26)23-14-11-17(30-2)20(32-4)18(12-14)31-3/h5-12H,13H2,1-4H3,(H,23,26). The van der Waals surface area contributed by atoms with Crippen molar-refractivity contribution in [3.63, 3.8) is 0 Å². The summed E-state index contributed by atoms with van der Waals surface area (Å²) < 4.78 is 23.2. The Balaban J connectivity index is 1.86. The number of methoxy groups -OCH3 is 4. The van der Waals surface area contributed by atoms with Crippen molar-refractivity contribution < 1.29 is 23.7 Å². The molecule has 0 saturated heterocycles. The number of ether oxygens (including phenoxy) is 4. The van der Waals surface area contributed by atoms with Crippen molar-refractivity contribution in [2.75, 3.05) is 33.8 Å². The van der Waals surface area contributed by atoms with Gasteiger partial charge in [0.2, 0.25) is 11.7 Å². The topological polar surface area (TPSA) is 110 Å². The van der Waals surface area contributed by atoms with Crippen LogP contribution < -0.4 is 35.4 Å². The molecule has 0 aliphatic rings. The molecule has 1 heterocycles. The van der Waals surface area contributed by atoms with Gasteiger partial charge in [-0.25, -0.2) is 0 Å². The second kappa shape index (κ2) is 9.73. The third kappa shape index (κ3) is 4.43. The second-order valence-electron chi connectivity index (χ2n) is 6.54. The van der Waals surface area contributed by atoms with Crippen molar-refractivity contribution in [3.8, 4) is 28.7 Å². The van der Waals surface area contributed by atoms with E-state index in [2.05, 4.69) is 5.32 Å². The van der Waals surface area contributed by atoms with Gasteiger partial charge in [-0.3, -0.25) is 23.5 Å². The number of nitrogens with zero attached hydrogens (tertiary/aromatic N) is 2. The van der Waals surface area contributed by atoms with Crippen LogP contribution in [0.25, 0.3) is 5.69 Å². The molecule has 0 fully saturated rings. The molecule has 0 aliphatic carbocycles. The van der Waals surface area contributed by atoms with Crippen molar-refractivity contribution in [2.45, 2.75) is 6.54 Å². The Bertz CT molecular complexity index is 1220. The van der Waals surface area contributed by atoms with E-state index in [0.29, 0.717) is 34.4 Å². The van der Waals surface area contributed by atoms with Crippen LogP contribution in [0.3, 0.4) is 0 Å². The number of hydrogen-bond donors (Lipinski definition) is 1. The van der Waals surface area contributed by atoms with Crippen LogP contribution in [-0.2, 0) is 11.3 Å². The van der Waals surface area contributed by atoms with Crippen molar-refractivity contribution in [2.24, 2.45) is 0 Å². The van der Waals surface area contributed by atoms with Gasteiger partial charge in [0.25, 0.3) is 0 Å². The zero-order valence-electron chi connectivity index (χ0n) is 18.1. The number of nitrogens with one attached hydrogen (secondary N) is 1. The minimum atomic E-state index is -0.849. The summed E-state index contributed by atoms with van der Waals surface area (Å²) in [5.74, 6) is 1.02. The molecule has 10 heteroatoms. The highest BCUT2D eigenvalue weighted by Crippen LogP contribution is 2.39. The summed E-state index contributed by atoms with van der Waals surface area (Å²) in [4.78, 5) is 37.8. The number of hydrogen-bond acceptors (Lipinski definition) is 7. The Morgan fingerprint density at radius 1 is 0.844 bits per heavy atom. The molecule has 0 spiro atoms. The lowest BCUT2D eigenvalue weighted by molar-refractivity contribution is -0.116. The van der Waals surface area contributed by atoms with Crippen molar-refractivity contribution in [1.82, 2.24) is 9.13 Å². The molecular weight excluding hydrogens is 418 g/mol. The molecule has 2 aromatic carbocycles. The Hall–Kier alpha value is -4.21. The number of benzene rings is 2. The van der Waals surface area contributed by atoms with E-state index in [9.17, 15) is 14.4 Å². The molecule has 3 aromatic rings. The maximum Gasteiger partial charge on any atom is 0.321 e. The summed E-state index contributed by atoms with van der Waals surface area (Å²) in [6.45, 7) is -0.364. The molecular formula is C22H23N3O7. The Kier molecular flexibility index (Phi) is 6.83. The van der Waals surface area contributed by atoms with Gasteiger partial charge in [-0.05, 0) is 12.1 Å². The molecule has 0 saturated carbocycles. The highest BCUT2D eigenvalue weighted by molar-refractivity contribution is 5.91. The molecule has 0 atom stereocenters. The highest BCUT2D eigenvalue weighted by Gasteiger charge is 2.16. The maximum absolute atomic E-state index is 12.6. The smallest absolute Gasteiger partial charge is 0.321 e. The van der Waals surface area contributed by atoms with Gasteiger partial charge in [-0.15, -0.1) is 0 Å². The van der Waals surface area contributed by atoms with E-state index in [1.807, 2.05) is 0 Å². The van der Waals surface area contributed by atoms with Gasteiger partial charge in [0, 0.05) is 30.2 Å². The SMILES string of the molecule is COc1ccccc1-n1ccn(CC(=O)Nc2cc(OC)c(OC)c(OC)c2)c(=O)c1=O. The van der Waals surface area contributed by atoms with E-state index in [0.717, 1.165) is 4.57 Å². The average molecular weight is 441 g/mol. The molecule has 1 aromatic heterocycles. The van der Waals surface area contributed by atoms with E-state index in [1.54, 1.807) is 36.4 Å². The summed E-state index contributed by atoms with van der Waals surface area (Å²) in [6, 6.07) is 9.92. The summed E-state index contributed by atoms with van der Waals surface area (Å²) in [5.41, 5.74) is -0.859. The summed E-state index contributed by atoms with van der Waals surface area (Å²) in [6.07, 6.45) is 2.78. The van der Waals surface area contributed by atoms with Crippen LogP contribution in [0.4, 0.5) is 5.69 Å². The molecule has 1 N–H and O–H groups in total. The maximum atomic E-state index is 12.6. The van der Waals surface area contributed by atoms with E-state index < -0.39 is 17.0 Å². The quantitative estimate of drug-likeness (QED) is 0.530. The minimum Gasteiger partial charge on any atom is -0.495 e. The second-order valence-corrected chi connectivity index (χ2v) is 6.54. The van der Waals surface area contributed by atoms with Crippen LogP contribution in [0.5, 0.6) is 23.0 Å². The number of rotatable bonds is 8. The first-order valence-electron chi connectivity index (χ1n) is 9.48. The number of aromatic nitrogens is 2. The van der Waals surface area contributed by atoms with Gasteiger partial charge < -0.3 is 24.3 Å². The predicted octanol–water partition coefficient (Wildman–Crippen LogP) is 1.67. The fourth-order valence-electron chi connectivity index (χ4n) is 3.16. The summed E-state index contributed by atoms with van der Waals surface area (Å²) in [7, 11) is 5.86. The third-order valence-electron chi connectivity index (χ3n) is 4.67. The normalized spacial score (nSPS) is 10.4. The van der Waals surface area contributed by atoms with Gasteiger partial charge in [0.05, 0.1) is 34.1 Å². The number of amides is 1. The van der Waals surface area contributed by atoms with Crippen LogP contribution in [0, 0.1) is 0 Å². The van der Waals surface area contributed by atoms with E-state index in [-0.39, 0.29) is 6.54 Å². The van der Waals surface area contributed by atoms with E-state index in [1.165, 1.54) is 45.4 Å². The Morgan fingerprint density at radius 2 is 1.47 bits per heavy atom. The molecule has 0 radical (unpaired) electrons. The van der Waals surface area contributed by atoms with Crippen LogP contribution >= 0.6 is 0 Å². The number of anilines is 1. The lowest BCUT2D eigenvalue weighted by atomic mass is 10.2. The number of para-hydroxylation sites is 2. The van der Waals surface area contributed by atoms with Crippen LogP contribution in [0.1, 0.15) is 0 Å². The van der Waals surface area contributed by atoms with Gasteiger partial charge in [-0.2, -0.15) is 0 Å². The zero-order valence-corrected chi connectivity index (χ0v) is 18.1. The molecule has 1 amide bonds. The number of carbonyl (C=O) groups is 1. The monoisotopic (exact) mass is 441 g/mol. The van der Waals surface area contributed by atoms with Gasteiger partial charge in [0.15, 0.2) is 11.5 Å². The highest BCUT2D eigenvalue weighted by atomic mass is 16.5. The molecule has 10 nitrogen and oxygen atoms in total. The van der Waals surface area contributed by atoms with Gasteiger partial charge in [-0.1, -0.05) is 12.1 Å². The zero-order chi connectivity index (χ0) is 23.3. The van der Waals surface area contributed by atoms with E-state index >= 15 is 0 Å². The fraction of sp³-hybridized carbons (Fsp3) is 0.227. The molecule has 168 valence electrons. The van der Waals surface area contributed by atoms with Gasteiger partial charge >= 0.3 is 11.1 Å². The van der Waals surface area contributed by atoms with Crippen molar-refractivity contribution in [3.05, 3.63) is 69.5 Å². The lowest BCUT2D eigenvalue weighted by Gasteiger charge is -2.15. The molecule has 0 unspecified atom stereocenters. The van der Waals surface area contributed by atoms with E-state index in [4.69, 9.17) is 18.9 Å². The first-order chi connectivity index (χ1) is 15.4. The Labute approximate surface area is 183 Å². The fourth-order valence-corrected chi connectivity index (χ4v) is 3.16. The molecule has 0 aliphatic heterocycles. The predicted molar refractivity (Wildman–Crippen MR) is 118 cm³/mol. The minimum absolute atomic E-state index is 0.360. The van der Waals surface area contributed by atoms with Gasteiger partial charge in [0.1, 0.15) is 12.3 Å².